The SMILES string of the molecule is NCCCCC(N)C(=O)NCC(=O)NC(CS)C(=O)NC(Cc1ccccc1)C(=O)O. The molecule has 1 aromatic carbocycles. The van der Waals surface area contributed by atoms with Crippen molar-refractivity contribution < 1.29 is 24.3 Å². The molecule has 1 aromatic rings. The maximum atomic E-state index is 12.5. The summed E-state index contributed by atoms with van der Waals surface area (Å²) in [6, 6.07) is 5.86. The number of carboxylic acid groups (broad SMARTS) is 1. The predicted molar refractivity (Wildman–Crippen MR) is 119 cm³/mol. The van der Waals surface area contributed by atoms with Gasteiger partial charge in [0.15, 0.2) is 0 Å². The van der Waals surface area contributed by atoms with Gasteiger partial charge in [-0.05, 0) is 24.9 Å². The Morgan fingerprint density at radius 1 is 1.00 bits per heavy atom. The molecular weight excluding hydrogens is 422 g/mol. The summed E-state index contributed by atoms with van der Waals surface area (Å²) in [4.78, 5) is 48.0. The van der Waals surface area contributed by atoms with Crippen molar-refractivity contribution in [1.29, 1.82) is 0 Å². The molecule has 11 heteroatoms. The van der Waals surface area contributed by atoms with Gasteiger partial charge in [0.25, 0.3) is 0 Å². The molecule has 0 saturated carbocycles. The van der Waals surface area contributed by atoms with Crippen LogP contribution in [0.15, 0.2) is 30.3 Å². The van der Waals surface area contributed by atoms with Crippen molar-refractivity contribution in [1.82, 2.24) is 16.0 Å². The number of amides is 3. The van der Waals surface area contributed by atoms with E-state index in [4.69, 9.17) is 11.5 Å². The number of rotatable bonds is 14. The summed E-state index contributed by atoms with van der Waals surface area (Å²) in [6.07, 6.45) is 1.99. The van der Waals surface area contributed by atoms with Crippen LogP contribution in [0.1, 0.15) is 24.8 Å². The lowest BCUT2D eigenvalue weighted by Gasteiger charge is -2.20. The van der Waals surface area contributed by atoms with Gasteiger partial charge in [-0.2, -0.15) is 12.6 Å². The average Bonchev–Trinajstić information content (AvgIpc) is 2.75. The molecule has 0 spiro atoms. The Hall–Kier alpha value is -2.63. The van der Waals surface area contributed by atoms with Gasteiger partial charge in [-0.1, -0.05) is 36.8 Å². The molecule has 0 heterocycles. The van der Waals surface area contributed by atoms with Crippen LogP contribution in [0.3, 0.4) is 0 Å². The lowest BCUT2D eigenvalue weighted by atomic mass is 10.1. The summed E-state index contributed by atoms with van der Waals surface area (Å²) in [7, 11) is 0. The highest BCUT2D eigenvalue weighted by Crippen LogP contribution is 2.04. The fourth-order valence-corrected chi connectivity index (χ4v) is 2.96. The maximum absolute atomic E-state index is 12.5. The lowest BCUT2D eigenvalue weighted by molar-refractivity contribution is -0.142. The number of hydrogen-bond donors (Lipinski definition) is 7. The first-order chi connectivity index (χ1) is 14.8. The van der Waals surface area contributed by atoms with Gasteiger partial charge in [0.2, 0.25) is 17.7 Å². The van der Waals surface area contributed by atoms with Crippen molar-refractivity contribution in [2.75, 3.05) is 18.8 Å². The van der Waals surface area contributed by atoms with Crippen molar-refractivity contribution in [2.24, 2.45) is 11.5 Å². The summed E-state index contributed by atoms with van der Waals surface area (Å²) in [5, 5.41) is 16.7. The predicted octanol–water partition coefficient (Wildman–Crippen LogP) is -1.21. The highest BCUT2D eigenvalue weighted by atomic mass is 32.1. The zero-order valence-corrected chi connectivity index (χ0v) is 18.1. The monoisotopic (exact) mass is 453 g/mol. The van der Waals surface area contributed by atoms with E-state index in [1.807, 2.05) is 0 Å². The summed E-state index contributed by atoms with van der Waals surface area (Å²) in [5.74, 6) is -3.03. The van der Waals surface area contributed by atoms with Crippen molar-refractivity contribution in [2.45, 2.75) is 43.8 Å². The first-order valence-electron chi connectivity index (χ1n) is 9.99. The standard InChI is InChI=1S/C20H31N5O5S/c21-9-5-4-8-14(22)18(27)23-11-17(26)24-16(12-31)19(28)25-15(20(29)30)10-13-6-2-1-3-7-13/h1-3,6-7,14-16,31H,4-5,8-12,21-22H2,(H,23,27)(H,24,26)(H,25,28)(H,29,30). The van der Waals surface area contributed by atoms with Crippen molar-refractivity contribution in [3.63, 3.8) is 0 Å². The second-order valence-corrected chi connectivity index (χ2v) is 7.37. The molecule has 0 radical (unpaired) electrons. The van der Waals surface area contributed by atoms with E-state index in [1.54, 1.807) is 30.3 Å². The quantitative estimate of drug-likeness (QED) is 0.136. The Balaban J connectivity index is 2.53. The van der Waals surface area contributed by atoms with E-state index in [9.17, 15) is 24.3 Å². The summed E-state index contributed by atoms with van der Waals surface area (Å²) >= 11 is 4.05. The minimum Gasteiger partial charge on any atom is -0.480 e. The van der Waals surface area contributed by atoms with Gasteiger partial charge in [0, 0.05) is 12.2 Å². The molecule has 0 aliphatic carbocycles. The molecule has 0 aliphatic rings. The minimum absolute atomic E-state index is 0.0538. The molecule has 3 unspecified atom stereocenters. The van der Waals surface area contributed by atoms with Crippen LogP contribution in [0.2, 0.25) is 0 Å². The van der Waals surface area contributed by atoms with Crippen LogP contribution >= 0.6 is 12.6 Å². The molecule has 3 atom stereocenters. The molecule has 1 rings (SSSR count). The van der Waals surface area contributed by atoms with E-state index in [0.717, 1.165) is 12.0 Å². The first kappa shape index (κ1) is 26.4. The van der Waals surface area contributed by atoms with Gasteiger partial charge in [0.05, 0.1) is 12.6 Å². The molecule has 10 nitrogen and oxygen atoms in total. The fraction of sp³-hybridized carbons (Fsp3) is 0.500. The van der Waals surface area contributed by atoms with Crippen LogP contribution in [0, 0.1) is 0 Å². The molecule has 0 saturated heterocycles. The Morgan fingerprint density at radius 2 is 1.68 bits per heavy atom. The summed E-state index contributed by atoms with van der Waals surface area (Å²) < 4.78 is 0. The third-order valence-corrected chi connectivity index (χ3v) is 4.83. The Kier molecular flexibility index (Phi) is 12.3. The van der Waals surface area contributed by atoms with Gasteiger partial charge in [-0.15, -0.1) is 0 Å². The van der Waals surface area contributed by atoms with E-state index in [1.165, 1.54) is 0 Å². The molecule has 172 valence electrons. The van der Waals surface area contributed by atoms with Gasteiger partial charge in [-0.3, -0.25) is 14.4 Å². The number of carbonyl (C=O) groups is 4. The van der Waals surface area contributed by atoms with Crippen LogP contribution in [0.4, 0.5) is 0 Å². The largest absolute Gasteiger partial charge is 0.480 e. The number of thiol groups is 1. The normalized spacial score (nSPS) is 13.5. The highest BCUT2D eigenvalue weighted by Gasteiger charge is 2.26. The van der Waals surface area contributed by atoms with E-state index in [-0.39, 0.29) is 18.7 Å². The van der Waals surface area contributed by atoms with Crippen molar-refractivity contribution >= 4 is 36.3 Å². The second kappa shape index (κ2) is 14.4. The minimum atomic E-state index is -1.20. The van der Waals surface area contributed by atoms with E-state index in [0.29, 0.717) is 19.4 Å². The number of nitrogens with two attached hydrogens (primary N) is 2. The van der Waals surface area contributed by atoms with Crippen LogP contribution in [-0.4, -0.2) is 65.8 Å². The van der Waals surface area contributed by atoms with Crippen LogP contribution in [-0.2, 0) is 25.6 Å². The maximum Gasteiger partial charge on any atom is 0.326 e. The summed E-state index contributed by atoms with van der Waals surface area (Å²) in [5.41, 5.74) is 11.9. The molecule has 0 fully saturated rings. The molecule has 31 heavy (non-hydrogen) atoms. The lowest BCUT2D eigenvalue weighted by Crippen LogP contribution is -2.54. The molecule has 8 N–H and O–H groups in total. The number of carboxylic acids is 1. The summed E-state index contributed by atoms with van der Waals surface area (Å²) in [6.45, 7) is 0.144. The molecule has 0 aliphatic heterocycles. The topological polar surface area (TPSA) is 177 Å². The first-order valence-corrected chi connectivity index (χ1v) is 10.6. The van der Waals surface area contributed by atoms with Crippen molar-refractivity contribution in [3.8, 4) is 0 Å². The number of benzene rings is 1. The third kappa shape index (κ3) is 10.3. The van der Waals surface area contributed by atoms with Gasteiger partial charge in [-0.25, -0.2) is 4.79 Å². The van der Waals surface area contributed by atoms with Gasteiger partial charge >= 0.3 is 5.97 Å². The van der Waals surface area contributed by atoms with Gasteiger partial charge < -0.3 is 32.5 Å². The molecular formula is C20H31N5O5S. The number of carbonyl (C=O) groups excluding carboxylic acids is 3. The zero-order chi connectivity index (χ0) is 23.2. The Labute approximate surface area is 186 Å². The van der Waals surface area contributed by atoms with E-state index >= 15 is 0 Å². The highest BCUT2D eigenvalue weighted by molar-refractivity contribution is 7.80. The molecule has 3 amide bonds. The second-order valence-electron chi connectivity index (χ2n) is 7.00. The van der Waals surface area contributed by atoms with Crippen LogP contribution in [0.5, 0.6) is 0 Å². The van der Waals surface area contributed by atoms with Crippen LogP contribution < -0.4 is 27.4 Å². The molecule has 0 bridgehead atoms. The van der Waals surface area contributed by atoms with Crippen molar-refractivity contribution in [3.05, 3.63) is 35.9 Å². The van der Waals surface area contributed by atoms with Crippen LogP contribution in [0.25, 0.3) is 0 Å². The van der Waals surface area contributed by atoms with Gasteiger partial charge in [0.1, 0.15) is 12.1 Å². The average molecular weight is 454 g/mol. The number of nitrogens with one attached hydrogen (secondary N) is 3. The Bertz CT molecular complexity index is 734. The fourth-order valence-electron chi connectivity index (χ4n) is 2.70. The number of aliphatic carboxylic acids is 1. The van der Waals surface area contributed by atoms with E-state index < -0.39 is 41.8 Å². The number of hydrogen-bond acceptors (Lipinski definition) is 7. The third-order valence-electron chi connectivity index (χ3n) is 4.46. The number of unbranched alkanes of at least 4 members (excludes halogenated alkanes) is 1. The molecule has 0 aromatic heterocycles. The smallest absolute Gasteiger partial charge is 0.326 e. The Morgan fingerprint density at radius 3 is 2.26 bits per heavy atom. The van der Waals surface area contributed by atoms with E-state index in [2.05, 4.69) is 28.6 Å². The zero-order valence-electron chi connectivity index (χ0n) is 17.3.